The number of nitrogens with one attached hydrogen (secondary N) is 1. The summed E-state index contributed by atoms with van der Waals surface area (Å²) in [5.41, 5.74) is -2.29. The van der Waals surface area contributed by atoms with Gasteiger partial charge in [-0.1, -0.05) is 11.2 Å². The lowest BCUT2D eigenvalue weighted by Crippen LogP contribution is -2.17. The zero-order valence-corrected chi connectivity index (χ0v) is 9.95. The summed E-state index contributed by atoms with van der Waals surface area (Å²) in [6.45, 7) is 1.45. The lowest BCUT2D eigenvalue weighted by atomic mass is 10.1. The average molecular weight is 289 g/mol. The van der Waals surface area contributed by atoms with Crippen LogP contribution in [0, 0.1) is 12.7 Å². The number of alkyl halides is 3. The van der Waals surface area contributed by atoms with Gasteiger partial charge in [0.1, 0.15) is 5.82 Å². The highest BCUT2D eigenvalue weighted by Gasteiger charge is 2.35. The summed E-state index contributed by atoms with van der Waals surface area (Å²) in [4.78, 5) is 11.7. The summed E-state index contributed by atoms with van der Waals surface area (Å²) in [5.74, 6) is -2.63. The number of aromatic nitrogens is 2. The first-order valence-corrected chi connectivity index (χ1v) is 5.26. The third-order valence-electron chi connectivity index (χ3n) is 2.30. The molecule has 0 saturated heterocycles. The summed E-state index contributed by atoms with van der Waals surface area (Å²) in [6, 6.07) is 2.07. The van der Waals surface area contributed by atoms with Gasteiger partial charge in [0.2, 0.25) is 5.89 Å². The number of anilines is 1. The Balaban J connectivity index is 2.31. The van der Waals surface area contributed by atoms with Gasteiger partial charge < -0.3 is 4.42 Å². The normalized spacial score (nSPS) is 11.4. The molecule has 1 aromatic heterocycles. The van der Waals surface area contributed by atoms with Gasteiger partial charge in [-0.15, -0.1) is 5.10 Å². The monoisotopic (exact) mass is 289 g/mol. The fourth-order valence-corrected chi connectivity index (χ4v) is 1.44. The highest BCUT2D eigenvalue weighted by atomic mass is 19.4. The molecule has 2 aromatic rings. The van der Waals surface area contributed by atoms with E-state index in [0.29, 0.717) is 6.07 Å². The number of halogens is 4. The Kier molecular flexibility index (Phi) is 3.43. The number of nitrogens with zero attached hydrogens (tertiary/aromatic N) is 2. The summed E-state index contributed by atoms with van der Waals surface area (Å²) < 4.78 is 56.0. The number of hydrogen-bond donors (Lipinski definition) is 1. The molecule has 0 unspecified atom stereocenters. The molecule has 2 rings (SSSR count). The van der Waals surface area contributed by atoms with Crippen molar-refractivity contribution in [1.29, 1.82) is 0 Å². The lowest BCUT2D eigenvalue weighted by molar-refractivity contribution is -0.140. The van der Waals surface area contributed by atoms with Crippen LogP contribution in [0.1, 0.15) is 21.8 Å². The molecule has 106 valence electrons. The maximum Gasteiger partial charge on any atom is 0.419 e. The van der Waals surface area contributed by atoms with Crippen LogP contribution in [-0.2, 0) is 6.18 Å². The summed E-state index contributed by atoms with van der Waals surface area (Å²) in [7, 11) is 0. The molecule has 1 aromatic carbocycles. The first-order valence-electron chi connectivity index (χ1n) is 5.26. The summed E-state index contributed by atoms with van der Waals surface area (Å²) >= 11 is 0. The quantitative estimate of drug-likeness (QED) is 0.863. The number of carbonyl (C=O) groups is 1. The summed E-state index contributed by atoms with van der Waals surface area (Å²) in [6.07, 6.45) is -4.89. The Bertz CT molecular complexity index is 651. The molecule has 0 aliphatic carbocycles. The van der Waals surface area contributed by atoms with E-state index in [9.17, 15) is 22.4 Å². The molecule has 1 amide bonds. The average Bonchev–Trinajstić information content (AvgIpc) is 2.73. The minimum atomic E-state index is -4.89. The molecular weight excluding hydrogens is 282 g/mol. The Hall–Kier alpha value is -2.45. The zero-order valence-electron chi connectivity index (χ0n) is 9.95. The van der Waals surface area contributed by atoms with Crippen LogP contribution in [0.5, 0.6) is 0 Å². The molecule has 5 nitrogen and oxygen atoms in total. The molecule has 20 heavy (non-hydrogen) atoms. The second kappa shape index (κ2) is 4.91. The molecular formula is C11H7F4N3O2. The second-order valence-corrected chi connectivity index (χ2v) is 3.75. The van der Waals surface area contributed by atoms with Gasteiger partial charge in [-0.25, -0.2) is 4.39 Å². The molecule has 0 saturated carbocycles. The Labute approximate surface area is 109 Å². The van der Waals surface area contributed by atoms with Gasteiger partial charge in [-0.2, -0.15) is 13.2 Å². The molecule has 0 radical (unpaired) electrons. The summed E-state index contributed by atoms with van der Waals surface area (Å²) in [5, 5.41) is 8.84. The number of aryl methyl sites for hydroxylation is 1. The first-order chi connectivity index (χ1) is 9.29. The predicted octanol–water partition coefficient (Wildman–Crippen LogP) is 2.79. The molecule has 0 fully saturated rings. The molecule has 9 heteroatoms. The van der Waals surface area contributed by atoms with Gasteiger partial charge in [0.25, 0.3) is 5.91 Å². The maximum atomic E-state index is 13.7. The van der Waals surface area contributed by atoms with Crippen LogP contribution in [0.4, 0.5) is 23.6 Å². The van der Waals surface area contributed by atoms with Crippen molar-refractivity contribution in [3.05, 3.63) is 41.0 Å². The highest BCUT2D eigenvalue weighted by Crippen LogP contribution is 2.32. The van der Waals surface area contributed by atoms with Crippen molar-refractivity contribution in [2.75, 3.05) is 5.32 Å². The van der Waals surface area contributed by atoms with Gasteiger partial charge in [-0.3, -0.25) is 10.1 Å². The van der Waals surface area contributed by atoms with E-state index in [1.165, 1.54) is 6.92 Å². The SMILES string of the molecule is Cc1nnc(NC(=O)c2cccc(C(F)(F)F)c2F)o1. The van der Waals surface area contributed by atoms with E-state index < -0.39 is 29.0 Å². The van der Waals surface area contributed by atoms with E-state index in [1.807, 2.05) is 5.32 Å². The van der Waals surface area contributed by atoms with Crippen LogP contribution in [-0.4, -0.2) is 16.1 Å². The van der Waals surface area contributed by atoms with E-state index >= 15 is 0 Å². The zero-order chi connectivity index (χ0) is 14.9. The second-order valence-electron chi connectivity index (χ2n) is 3.75. The largest absolute Gasteiger partial charge is 0.419 e. The van der Waals surface area contributed by atoms with Gasteiger partial charge in [0, 0.05) is 6.92 Å². The minimum Gasteiger partial charge on any atom is -0.408 e. The van der Waals surface area contributed by atoms with E-state index in [1.54, 1.807) is 0 Å². The molecule has 0 aliphatic heterocycles. The van der Waals surface area contributed by atoms with E-state index in [2.05, 4.69) is 10.2 Å². The van der Waals surface area contributed by atoms with Crippen molar-refractivity contribution in [2.24, 2.45) is 0 Å². The van der Waals surface area contributed by atoms with Crippen molar-refractivity contribution in [1.82, 2.24) is 10.2 Å². The number of hydrogen-bond acceptors (Lipinski definition) is 4. The Morgan fingerprint density at radius 3 is 2.55 bits per heavy atom. The third kappa shape index (κ3) is 2.76. The number of amides is 1. The molecule has 0 spiro atoms. The minimum absolute atomic E-state index is 0.143. The fourth-order valence-electron chi connectivity index (χ4n) is 1.44. The van der Waals surface area contributed by atoms with Crippen LogP contribution in [0.15, 0.2) is 22.6 Å². The lowest BCUT2D eigenvalue weighted by Gasteiger charge is -2.10. The van der Waals surface area contributed by atoms with Crippen molar-refractivity contribution >= 4 is 11.9 Å². The smallest absolute Gasteiger partial charge is 0.408 e. The number of rotatable bonds is 2. The van der Waals surface area contributed by atoms with Crippen molar-refractivity contribution in [3.63, 3.8) is 0 Å². The van der Waals surface area contributed by atoms with Crippen molar-refractivity contribution in [3.8, 4) is 0 Å². The predicted molar refractivity (Wildman–Crippen MR) is 58.4 cm³/mol. The number of carbonyl (C=O) groups excluding carboxylic acids is 1. The van der Waals surface area contributed by atoms with Gasteiger partial charge in [0.15, 0.2) is 0 Å². The topological polar surface area (TPSA) is 68.0 Å². The van der Waals surface area contributed by atoms with Crippen LogP contribution in [0.25, 0.3) is 0 Å². The fraction of sp³-hybridized carbons (Fsp3) is 0.182. The molecule has 1 heterocycles. The van der Waals surface area contributed by atoms with E-state index in [-0.39, 0.29) is 11.9 Å². The Morgan fingerprint density at radius 2 is 2.00 bits per heavy atom. The van der Waals surface area contributed by atoms with E-state index in [4.69, 9.17) is 4.42 Å². The van der Waals surface area contributed by atoms with Crippen LogP contribution in [0.3, 0.4) is 0 Å². The molecule has 0 aliphatic rings. The maximum absolute atomic E-state index is 13.7. The van der Waals surface area contributed by atoms with E-state index in [0.717, 1.165) is 12.1 Å². The molecule has 1 N–H and O–H groups in total. The van der Waals surface area contributed by atoms with Gasteiger partial charge >= 0.3 is 12.2 Å². The molecule has 0 bridgehead atoms. The van der Waals surface area contributed by atoms with Crippen molar-refractivity contribution in [2.45, 2.75) is 13.1 Å². The highest BCUT2D eigenvalue weighted by molar-refractivity contribution is 6.03. The van der Waals surface area contributed by atoms with Gasteiger partial charge in [0.05, 0.1) is 11.1 Å². The van der Waals surface area contributed by atoms with Crippen LogP contribution in [0.2, 0.25) is 0 Å². The third-order valence-corrected chi connectivity index (χ3v) is 2.30. The standard InChI is InChI=1S/C11H7F4N3O2/c1-5-17-18-10(20-5)16-9(19)6-3-2-4-7(8(6)12)11(13,14)15/h2-4H,1H3,(H,16,18,19). The Morgan fingerprint density at radius 1 is 1.30 bits per heavy atom. The van der Waals surface area contributed by atoms with Gasteiger partial charge in [-0.05, 0) is 12.1 Å². The van der Waals surface area contributed by atoms with Crippen molar-refractivity contribution < 1.29 is 26.8 Å². The first kappa shape index (κ1) is 14.0. The van der Waals surface area contributed by atoms with Crippen LogP contribution < -0.4 is 5.32 Å². The van der Waals surface area contributed by atoms with Crippen LogP contribution >= 0.6 is 0 Å². The number of benzene rings is 1. The molecule has 0 atom stereocenters.